The van der Waals surface area contributed by atoms with E-state index in [1.165, 1.54) is 12.1 Å². The first kappa shape index (κ1) is 17.0. The normalized spacial score (nSPS) is 14.5. The van der Waals surface area contributed by atoms with E-state index in [9.17, 15) is 14.0 Å². The van der Waals surface area contributed by atoms with Gasteiger partial charge in [0.1, 0.15) is 11.6 Å². The van der Waals surface area contributed by atoms with Gasteiger partial charge in [-0.2, -0.15) is 0 Å². The van der Waals surface area contributed by atoms with Crippen LogP contribution in [0.2, 0.25) is 0 Å². The molecule has 2 amide bonds. The first-order valence-corrected chi connectivity index (χ1v) is 8.15. The second-order valence-electron chi connectivity index (χ2n) is 5.95. The molecule has 0 aliphatic heterocycles. The van der Waals surface area contributed by atoms with Crippen molar-refractivity contribution >= 4 is 11.8 Å². The van der Waals surface area contributed by atoms with E-state index in [1.54, 1.807) is 36.4 Å². The maximum absolute atomic E-state index is 13.0. The van der Waals surface area contributed by atoms with Crippen LogP contribution in [-0.2, 0) is 10.2 Å². The number of rotatable bonds is 5. The van der Waals surface area contributed by atoms with Crippen LogP contribution in [0, 0.1) is 5.82 Å². The number of hydrogen-bond donors (Lipinski definition) is 2. The lowest BCUT2D eigenvalue weighted by molar-refractivity contribution is -0.124. The largest absolute Gasteiger partial charge is 0.494 e. The Bertz CT molecular complexity index is 768. The van der Waals surface area contributed by atoms with E-state index in [2.05, 4.69) is 10.9 Å². The van der Waals surface area contributed by atoms with Crippen LogP contribution in [0.1, 0.15) is 35.7 Å². The number of amides is 2. The number of benzene rings is 2. The van der Waals surface area contributed by atoms with Crippen molar-refractivity contribution in [2.75, 3.05) is 6.61 Å². The lowest BCUT2D eigenvalue weighted by atomic mass is 9.95. The zero-order chi connectivity index (χ0) is 17.9. The van der Waals surface area contributed by atoms with Crippen molar-refractivity contribution in [2.45, 2.75) is 25.2 Å². The van der Waals surface area contributed by atoms with Crippen molar-refractivity contribution in [2.24, 2.45) is 0 Å². The minimum absolute atomic E-state index is 0.293. The molecule has 1 saturated carbocycles. The van der Waals surface area contributed by atoms with Crippen LogP contribution in [0.4, 0.5) is 4.39 Å². The Hall–Kier alpha value is -2.89. The van der Waals surface area contributed by atoms with Crippen molar-refractivity contribution < 1.29 is 18.7 Å². The van der Waals surface area contributed by atoms with E-state index in [0.717, 1.165) is 5.56 Å². The maximum Gasteiger partial charge on any atom is 0.269 e. The Morgan fingerprint density at radius 2 is 1.68 bits per heavy atom. The molecule has 25 heavy (non-hydrogen) atoms. The molecule has 2 N–H and O–H groups in total. The van der Waals surface area contributed by atoms with Gasteiger partial charge in [0.2, 0.25) is 5.91 Å². The Labute approximate surface area is 145 Å². The molecule has 0 heterocycles. The predicted octanol–water partition coefficient (Wildman–Crippen LogP) is 2.72. The number of ether oxygens (including phenoxy) is 1. The first-order chi connectivity index (χ1) is 12.0. The fourth-order valence-corrected chi connectivity index (χ4v) is 2.72. The molecule has 2 aromatic rings. The summed E-state index contributed by atoms with van der Waals surface area (Å²) in [5.74, 6) is -0.371. The van der Waals surface area contributed by atoms with Gasteiger partial charge < -0.3 is 4.74 Å². The fraction of sp³-hybridized carbons (Fsp3) is 0.263. The Morgan fingerprint density at radius 1 is 1.04 bits per heavy atom. The highest BCUT2D eigenvalue weighted by Gasteiger charge is 2.51. The summed E-state index contributed by atoms with van der Waals surface area (Å²) in [6.45, 7) is 2.43. The Kier molecular flexibility index (Phi) is 4.70. The smallest absolute Gasteiger partial charge is 0.269 e. The van der Waals surface area contributed by atoms with Gasteiger partial charge in [0.15, 0.2) is 0 Å². The monoisotopic (exact) mass is 342 g/mol. The van der Waals surface area contributed by atoms with E-state index >= 15 is 0 Å². The summed E-state index contributed by atoms with van der Waals surface area (Å²) in [6, 6.07) is 12.5. The standard InChI is InChI=1S/C19H19FN2O3/c1-2-25-16-9-3-13(4-10-16)17(23)21-22-18(24)19(11-12-19)14-5-7-15(20)8-6-14/h3-10H,2,11-12H2,1H3,(H,21,23)(H,22,24). The number of halogens is 1. The van der Waals surface area contributed by atoms with Crippen molar-refractivity contribution in [3.8, 4) is 5.75 Å². The van der Waals surface area contributed by atoms with Gasteiger partial charge in [0, 0.05) is 5.56 Å². The molecule has 6 heteroatoms. The molecule has 0 bridgehead atoms. The quantitative estimate of drug-likeness (QED) is 0.821. The van der Waals surface area contributed by atoms with E-state index in [0.29, 0.717) is 30.8 Å². The van der Waals surface area contributed by atoms with Crippen molar-refractivity contribution in [3.05, 3.63) is 65.5 Å². The highest BCUT2D eigenvalue weighted by atomic mass is 19.1. The third-order valence-corrected chi connectivity index (χ3v) is 4.30. The van der Waals surface area contributed by atoms with Gasteiger partial charge in [0.25, 0.3) is 5.91 Å². The Balaban J connectivity index is 1.60. The van der Waals surface area contributed by atoms with E-state index in [4.69, 9.17) is 4.74 Å². The van der Waals surface area contributed by atoms with E-state index < -0.39 is 11.3 Å². The zero-order valence-corrected chi connectivity index (χ0v) is 13.8. The number of nitrogens with one attached hydrogen (secondary N) is 2. The molecule has 130 valence electrons. The Morgan fingerprint density at radius 3 is 2.24 bits per heavy atom. The van der Waals surface area contributed by atoms with Gasteiger partial charge in [-0.05, 0) is 61.7 Å². The van der Waals surface area contributed by atoms with E-state index in [-0.39, 0.29) is 11.7 Å². The molecular formula is C19H19FN2O3. The zero-order valence-electron chi connectivity index (χ0n) is 13.8. The molecule has 2 aromatic carbocycles. The summed E-state index contributed by atoms with van der Waals surface area (Å²) in [6.07, 6.45) is 1.34. The van der Waals surface area contributed by atoms with Crippen LogP contribution < -0.4 is 15.6 Å². The van der Waals surface area contributed by atoms with Gasteiger partial charge in [-0.3, -0.25) is 20.4 Å². The summed E-state index contributed by atoms with van der Waals surface area (Å²) >= 11 is 0. The van der Waals surface area contributed by atoms with Crippen LogP contribution in [0.5, 0.6) is 5.75 Å². The molecule has 0 radical (unpaired) electrons. The summed E-state index contributed by atoms with van der Waals surface area (Å²) in [5, 5.41) is 0. The average molecular weight is 342 g/mol. The summed E-state index contributed by atoms with van der Waals surface area (Å²) in [7, 11) is 0. The topological polar surface area (TPSA) is 67.4 Å². The summed E-state index contributed by atoms with van der Waals surface area (Å²) in [4.78, 5) is 24.6. The molecule has 1 fully saturated rings. The van der Waals surface area contributed by atoms with Crippen LogP contribution in [0.25, 0.3) is 0 Å². The highest BCUT2D eigenvalue weighted by Crippen LogP contribution is 2.48. The van der Waals surface area contributed by atoms with E-state index in [1.807, 2.05) is 6.92 Å². The lowest BCUT2D eigenvalue weighted by Gasteiger charge is -2.16. The molecule has 5 nitrogen and oxygen atoms in total. The highest BCUT2D eigenvalue weighted by molar-refractivity contribution is 5.97. The molecule has 0 saturated heterocycles. The molecule has 1 aliphatic rings. The number of hydrazine groups is 1. The van der Waals surface area contributed by atoms with Crippen LogP contribution >= 0.6 is 0 Å². The maximum atomic E-state index is 13.0. The van der Waals surface area contributed by atoms with Crippen molar-refractivity contribution in [3.63, 3.8) is 0 Å². The second-order valence-corrected chi connectivity index (χ2v) is 5.95. The molecule has 3 rings (SSSR count). The van der Waals surface area contributed by atoms with Gasteiger partial charge in [-0.1, -0.05) is 12.1 Å². The SMILES string of the molecule is CCOc1ccc(C(=O)NNC(=O)C2(c3ccc(F)cc3)CC2)cc1. The van der Waals surface area contributed by atoms with Gasteiger partial charge in [-0.15, -0.1) is 0 Å². The van der Waals surface area contributed by atoms with Gasteiger partial charge >= 0.3 is 0 Å². The molecule has 0 atom stereocenters. The fourth-order valence-electron chi connectivity index (χ4n) is 2.72. The second kappa shape index (κ2) is 6.93. The average Bonchev–Trinajstić information content (AvgIpc) is 3.43. The third-order valence-electron chi connectivity index (χ3n) is 4.30. The van der Waals surface area contributed by atoms with Gasteiger partial charge in [0.05, 0.1) is 12.0 Å². The molecule has 0 spiro atoms. The number of carbonyl (C=O) groups is 2. The molecule has 0 aromatic heterocycles. The predicted molar refractivity (Wildman–Crippen MR) is 90.5 cm³/mol. The van der Waals surface area contributed by atoms with Crippen LogP contribution in [-0.4, -0.2) is 18.4 Å². The van der Waals surface area contributed by atoms with Crippen molar-refractivity contribution in [1.82, 2.24) is 10.9 Å². The third kappa shape index (κ3) is 3.63. The minimum atomic E-state index is -0.681. The van der Waals surface area contributed by atoms with Gasteiger partial charge in [-0.25, -0.2) is 4.39 Å². The minimum Gasteiger partial charge on any atom is -0.494 e. The van der Waals surface area contributed by atoms with Crippen LogP contribution in [0.15, 0.2) is 48.5 Å². The molecule has 1 aliphatic carbocycles. The number of carbonyl (C=O) groups excluding carboxylic acids is 2. The molecule has 0 unspecified atom stereocenters. The number of hydrogen-bond acceptors (Lipinski definition) is 3. The molecular weight excluding hydrogens is 323 g/mol. The lowest BCUT2D eigenvalue weighted by Crippen LogP contribution is -2.46. The summed E-state index contributed by atoms with van der Waals surface area (Å²) in [5.41, 5.74) is 5.38. The first-order valence-electron chi connectivity index (χ1n) is 8.15. The van der Waals surface area contributed by atoms with Crippen LogP contribution in [0.3, 0.4) is 0 Å². The summed E-state index contributed by atoms with van der Waals surface area (Å²) < 4.78 is 18.4. The van der Waals surface area contributed by atoms with Crippen molar-refractivity contribution in [1.29, 1.82) is 0 Å².